The lowest BCUT2D eigenvalue weighted by molar-refractivity contribution is -0.244. The van der Waals surface area contributed by atoms with Gasteiger partial charge in [0.15, 0.2) is 5.01 Å². The van der Waals surface area contributed by atoms with Gasteiger partial charge in [0.05, 0.1) is 21.5 Å². The largest absolute Gasteiger partial charge is 0.417 e. The van der Waals surface area contributed by atoms with Crippen LogP contribution in [0.2, 0.25) is 0 Å². The van der Waals surface area contributed by atoms with Crippen LogP contribution in [0.15, 0.2) is 12.3 Å². The molecule has 2 atom stereocenters. The Bertz CT molecular complexity index is 1360. The van der Waals surface area contributed by atoms with Gasteiger partial charge in [-0.1, -0.05) is 19.8 Å². The monoisotopic (exact) mass is 649 g/mol. The fourth-order valence-corrected chi connectivity index (χ4v) is 6.68. The minimum atomic E-state index is -4.98. The number of pyridine rings is 1. The highest BCUT2D eigenvalue weighted by Crippen LogP contribution is 2.53. The van der Waals surface area contributed by atoms with Crippen LogP contribution in [0.3, 0.4) is 0 Å². The summed E-state index contributed by atoms with van der Waals surface area (Å²) in [5, 5.41) is 14.6. The third kappa shape index (κ3) is 7.13. The van der Waals surface area contributed by atoms with Gasteiger partial charge in [-0.3, -0.25) is 9.59 Å². The van der Waals surface area contributed by atoms with Crippen LogP contribution in [0.25, 0.3) is 10.4 Å². The number of thiazole rings is 1. The second kappa shape index (κ2) is 12.5. The van der Waals surface area contributed by atoms with Gasteiger partial charge in [0, 0.05) is 36.9 Å². The third-order valence-corrected chi connectivity index (χ3v) is 9.41. The molecule has 244 valence electrons. The molecule has 1 aliphatic heterocycles. The lowest BCUT2D eigenvalue weighted by Crippen LogP contribution is -2.48. The number of anilines is 1. The zero-order valence-corrected chi connectivity index (χ0v) is 25.8. The van der Waals surface area contributed by atoms with E-state index >= 15 is 0 Å². The first kappa shape index (κ1) is 33.9. The van der Waals surface area contributed by atoms with E-state index in [4.69, 9.17) is 0 Å². The number of hydrogen-bond acceptors (Lipinski definition) is 7. The van der Waals surface area contributed by atoms with Crippen LogP contribution in [-0.2, 0) is 6.18 Å². The number of hydrogen-bond donors (Lipinski definition) is 3. The Labute approximate surface area is 255 Å². The number of carbonyl (C=O) groups is 2. The molecule has 0 spiro atoms. The molecule has 4 rings (SSSR count). The Balaban J connectivity index is 1.77. The summed E-state index contributed by atoms with van der Waals surface area (Å²) in [7, 11) is 0. The molecule has 3 N–H and O–H groups in total. The van der Waals surface area contributed by atoms with Gasteiger partial charge in [-0.05, 0) is 58.9 Å². The van der Waals surface area contributed by atoms with Gasteiger partial charge < -0.3 is 20.6 Å². The van der Waals surface area contributed by atoms with E-state index in [0.717, 1.165) is 12.6 Å². The standard InChI is InChI=1S/C29H37F6N5O3S/c1-5-7-17-9-8-16(2)40(17)25(42)21-22(44-24(39-21)23(41)38-14-26(3,4)43)18-13-36-20(12-19(18)28(30,31)32)37-15-27(10-6-11-27)29(33,34)35/h12-13,16-17,43H,5-11,14-15H2,1-4H3,(H,36,37)(H,38,41). The van der Waals surface area contributed by atoms with E-state index in [9.17, 15) is 41.0 Å². The van der Waals surface area contributed by atoms with Crippen molar-refractivity contribution < 1.29 is 41.0 Å². The van der Waals surface area contributed by atoms with Crippen molar-refractivity contribution in [2.75, 3.05) is 18.4 Å². The van der Waals surface area contributed by atoms with Crippen LogP contribution in [0.1, 0.15) is 98.5 Å². The van der Waals surface area contributed by atoms with E-state index in [1.54, 1.807) is 4.90 Å². The van der Waals surface area contributed by atoms with E-state index < -0.39 is 58.7 Å². The second-order valence-corrected chi connectivity index (χ2v) is 13.4. The first-order chi connectivity index (χ1) is 20.4. The Morgan fingerprint density at radius 2 is 1.84 bits per heavy atom. The van der Waals surface area contributed by atoms with Crippen molar-refractivity contribution in [2.45, 2.75) is 103 Å². The number of carbonyl (C=O) groups excluding carboxylic acids is 2. The smallest absolute Gasteiger partial charge is 0.389 e. The fraction of sp³-hybridized carbons (Fsp3) is 0.655. The van der Waals surface area contributed by atoms with Crippen LogP contribution < -0.4 is 10.6 Å². The van der Waals surface area contributed by atoms with Crippen LogP contribution in [0.4, 0.5) is 32.2 Å². The zero-order chi connectivity index (χ0) is 32.7. The van der Waals surface area contributed by atoms with Gasteiger partial charge in [0.2, 0.25) is 0 Å². The van der Waals surface area contributed by atoms with E-state index in [1.165, 1.54) is 13.8 Å². The van der Waals surface area contributed by atoms with Crippen molar-refractivity contribution in [1.29, 1.82) is 0 Å². The van der Waals surface area contributed by atoms with Gasteiger partial charge in [-0.2, -0.15) is 26.3 Å². The molecule has 8 nitrogen and oxygen atoms in total. The molecule has 3 heterocycles. The molecular weight excluding hydrogens is 612 g/mol. The molecule has 2 aromatic heterocycles. The van der Waals surface area contributed by atoms with Crippen molar-refractivity contribution in [3.63, 3.8) is 0 Å². The summed E-state index contributed by atoms with van der Waals surface area (Å²) < 4.78 is 84.3. The maximum atomic E-state index is 14.5. The molecular formula is C29H37F6N5O3S. The average molecular weight is 650 g/mol. The maximum Gasteiger partial charge on any atom is 0.417 e. The number of alkyl halides is 6. The number of aliphatic hydroxyl groups is 1. The number of halogens is 6. The molecule has 2 fully saturated rings. The molecule has 15 heteroatoms. The molecule has 2 aromatic rings. The van der Waals surface area contributed by atoms with Crippen molar-refractivity contribution in [3.05, 3.63) is 28.5 Å². The number of amides is 2. The summed E-state index contributed by atoms with van der Waals surface area (Å²) in [5.74, 6) is -1.79. The van der Waals surface area contributed by atoms with Crippen LogP contribution in [-0.4, -0.2) is 68.7 Å². The van der Waals surface area contributed by atoms with Crippen LogP contribution in [0.5, 0.6) is 0 Å². The van der Waals surface area contributed by atoms with Crippen molar-refractivity contribution in [1.82, 2.24) is 20.2 Å². The quantitative estimate of drug-likeness (QED) is 0.249. The van der Waals surface area contributed by atoms with Crippen molar-refractivity contribution in [2.24, 2.45) is 5.41 Å². The van der Waals surface area contributed by atoms with E-state index in [-0.39, 0.29) is 47.0 Å². The van der Waals surface area contributed by atoms with Crippen molar-refractivity contribution >= 4 is 29.0 Å². The molecule has 0 bridgehead atoms. The first-order valence-corrected chi connectivity index (χ1v) is 15.4. The minimum absolute atomic E-state index is 0.133. The summed E-state index contributed by atoms with van der Waals surface area (Å²) in [6.07, 6.45) is -5.67. The van der Waals surface area contributed by atoms with E-state index in [0.29, 0.717) is 43.1 Å². The number of nitrogens with zero attached hydrogens (tertiary/aromatic N) is 3. The van der Waals surface area contributed by atoms with E-state index in [2.05, 4.69) is 20.6 Å². The van der Waals surface area contributed by atoms with Crippen LogP contribution in [0, 0.1) is 5.41 Å². The average Bonchev–Trinajstić information content (AvgIpc) is 3.49. The molecule has 2 amide bonds. The molecule has 1 saturated heterocycles. The molecule has 1 aliphatic carbocycles. The highest BCUT2D eigenvalue weighted by atomic mass is 32.1. The number of aromatic nitrogens is 2. The summed E-state index contributed by atoms with van der Waals surface area (Å²) in [4.78, 5) is 36.5. The lowest BCUT2D eigenvalue weighted by Gasteiger charge is -2.43. The summed E-state index contributed by atoms with van der Waals surface area (Å²) in [6, 6.07) is 0.266. The fourth-order valence-electron chi connectivity index (χ4n) is 5.68. The van der Waals surface area contributed by atoms with E-state index in [1.807, 2.05) is 13.8 Å². The number of likely N-dealkylation sites (tertiary alicyclic amines) is 1. The van der Waals surface area contributed by atoms with Crippen molar-refractivity contribution in [3.8, 4) is 10.4 Å². The normalized spacial score (nSPS) is 20.4. The predicted molar refractivity (Wildman–Crippen MR) is 153 cm³/mol. The Morgan fingerprint density at radius 1 is 1.16 bits per heavy atom. The first-order valence-electron chi connectivity index (χ1n) is 14.6. The molecule has 2 unspecified atom stereocenters. The SMILES string of the molecule is CCCC1CCC(C)N1C(=O)c1nc(C(=O)NCC(C)(C)O)sc1-c1cnc(NCC2(C(F)(F)F)CCC2)cc1C(F)(F)F. The molecule has 44 heavy (non-hydrogen) atoms. The number of rotatable bonds is 10. The topological polar surface area (TPSA) is 107 Å². The Morgan fingerprint density at radius 3 is 2.39 bits per heavy atom. The van der Waals surface area contributed by atoms with Gasteiger partial charge in [0.1, 0.15) is 11.5 Å². The molecule has 1 saturated carbocycles. The molecule has 2 aliphatic rings. The highest BCUT2D eigenvalue weighted by Gasteiger charge is 2.58. The van der Waals surface area contributed by atoms with Gasteiger partial charge >= 0.3 is 12.4 Å². The van der Waals surface area contributed by atoms with Gasteiger partial charge in [-0.15, -0.1) is 11.3 Å². The molecule has 0 aromatic carbocycles. The second-order valence-electron chi connectivity index (χ2n) is 12.4. The lowest BCUT2D eigenvalue weighted by atomic mass is 9.68. The minimum Gasteiger partial charge on any atom is -0.389 e. The Kier molecular flexibility index (Phi) is 9.61. The Hall–Kier alpha value is -2.94. The van der Waals surface area contributed by atoms with Gasteiger partial charge in [-0.25, -0.2) is 9.97 Å². The zero-order valence-electron chi connectivity index (χ0n) is 25.0. The maximum absolute atomic E-state index is 14.5. The number of nitrogens with one attached hydrogen (secondary N) is 2. The van der Waals surface area contributed by atoms with Crippen LogP contribution >= 0.6 is 11.3 Å². The summed E-state index contributed by atoms with van der Waals surface area (Å²) in [5.41, 5.74) is -5.40. The summed E-state index contributed by atoms with van der Waals surface area (Å²) >= 11 is 0.583. The van der Waals surface area contributed by atoms with Gasteiger partial charge in [0.25, 0.3) is 11.8 Å². The summed E-state index contributed by atoms with van der Waals surface area (Å²) in [6.45, 7) is 5.91. The predicted octanol–water partition coefficient (Wildman–Crippen LogP) is 6.66. The molecule has 0 radical (unpaired) electrons. The highest BCUT2D eigenvalue weighted by molar-refractivity contribution is 7.17. The third-order valence-electron chi connectivity index (χ3n) is 8.32.